The van der Waals surface area contributed by atoms with Crippen molar-refractivity contribution in [2.75, 3.05) is 18.1 Å². The summed E-state index contributed by atoms with van der Waals surface area (Å²) >= 11 is 0. The minimum absolute atomic E-state index is 0.291. The SMILES string of the molecule is CC(OCCCCCC(=O)Oc1ccccc1N)C(=O)Oc1ccccc1N. The fourth-order valence-corrected chi connectivity index (χ4v) is 2.39. The Morgan fingerprint density at radius 1 is 0.857 bits per heavy atom. The highest BCUT2D eigenvalue weighted by atomic mass is 16.6. The van der Waals surface area contributed by atoms with E-state index in [-0.39, 0.29) is 5.97 Å². The summed E-state index contributed by atoms with van der Waals surface area (Å²) in [5.74, 6) is -0.124. The molecule has 0 bridgehead atoms. The van der Waals surface area contributed by atoms with Crippen molar-refractivity contribution in [3.63, 3.8) is 0 Å². The number of carbonyl (C=O) groups excluding carboxylic acids is 2. The van der Waals surface area contributed by atoms with Gasteiger partial charge >= 0.3 is 11.9 Å². The molecular weight excluding hydrogens is 360 g/mol. The van der Waals surface area contributed by atoms with Gasteiger partial charge in [0, 0.05) is 13.0 Å². The third-order valence-electron chi connectivity index (χ3n) is 4.00. The molecule has 0 aliphatic rings. The predicted octanol–water partition coefficient (Wildman–Crippen LogP) is 3.33. The normalized spacial score (nSPS) is 11.6. The van der Waals surface area contributed by atoms with Gasteiger partial charge < -0.3 is 25.7 Å². The van der Waals surface area contributed by atoms with Crippen LogP contribution in [-0.4, -0.2) is 24.6 Å². The molecule has 0 fully saturated rings. The number of ether oxygens (including phenoxy) is 3. The molecule has 0 radical (unpaired) electrons. The first-order chi connectivity index (χ1) is 13.5. The molecule has 150 valence electrons. The van der Waals surface area contributed by atoms with E-state index in [1.54, 1.807) is 55.5 Å². The molecule has 0 heterocycles. The summed E-state index contributed by atoms with van der Waals surface area (Å²) in [5.41, 5.74) is 12.3. The lowest BCUT2D eigenvalue weighted by Crippen LogP contribution is -2.26. The molecule has 28 heavy (non-hydrogen) atoms. The van der Waals surface area contributed by atoms with Crippen LogP contribution in [0.25, 0.3) is 0 Å². The van der Waals surface area contributed by atoms with Gasteiger partial charge in [-0.25, -0.2) is 4.79 Å². The van der Waals surface area contributed by atoms with Crippen molar-refractivity contribution < 1.29 is 23.8 Å². The molecule has 0 aliphatic carbocycles. The second-order valence-electron chi connectivity index (χ2n) is 6.29. The van der Waals surface area contributed by atoms with Crippen molar-refractivity contribution in [1.29, 1.82) is 0 Å². The summed E-state index contributed by atoms with van der Waals surface area (Å²) in [7, 11) is 0. The van der Waals surface area contributed by atoms with E-state index in [0.29, 0.717) is 48.7 Å². The van der Waals surface area contributed by atoms with Crippen LogP contribution in [0.3, 0.4) is 0 Å². The van der Waals surface area contributed by atoms with Crippen LogP contribution in [0.15, 0.2) is 48.5 Å². The Morgan fingerprint density at radius 2 is 1.43 bits per heavy atom. The number of unbranched alkanes of at least 4 members (excludes halogenated alkanes) is 2. The molecule has 0 aliphatic heterocycles. The second kappa shape index (κ2) is 10.9. The molecule has 0 saturated carbocycles. The fraction of sp³-hybridized carbons (Fsp3) is 0.333. The number of anilines is 2. The lowest BCUT2D eigenvalue weighted by Gasteiger charge is -2.13. The number of hydrogen-bond acceptors (Lipinski definition) is 7. The Morgan fingerprint density at radius 3 is 2.04 bits per heavy atom. The van der Waals surface area contributed by atoms with Gasteiger partial charge in [0.1, 0.15) is 0 Å². The van der Waals surface area contributed by atoms with Crippen molar-refractivity contribution in [3.05, 3.63) is 48.5 Å². The summed E-state index contributed by atoms with van der Waals surface area (Å²) in [5, 5.41) is 0. The van der Waals surface area contributed by atoms with Crippen LogP contribution in [0.1, 0.15) is 32.6 Å². The van der Waals surface area contributed by atoms with Gasteiger partial charge in [-0.05, 0) is 44.0 Å². The molecule has 2 rings (SSSR count). The minimum atomic E-state index is -0.703. The first kappa shape index (κ1) is 21.2. The van der Waals surface area contributed by atoms with E-state index in [0.717, 1.165) is 6.42 Å². The molecule has 0 aromatic heterocycles. The van der Waals surface area contributed by atoms with E-state index in [4.69, 9.17) is 25.7 Å². The van der Waals surface area contributed by atoms with Crippen LogP contribution in [0, 0.1) is 0 Å². The van der Waals surface area contributed by atoms with Crippen LogP contribution >= 0.6 is 0 Å². The molecule has 1 unspecified atom stereocenters. The molecule has 0 spiro atoms. The number of benzene rings is 2. The smallest absolute Gasteiger partial charge is 0.340 e. The maximum atomic E-state index is 12.0. The van der Waals surface area contributed by atoms with Gasteiger partial charge in [0.05, 0.1) is 11.4 Å². The summed E-state index contributed by atoms with van der Waals surface area (Å²) in [6.07, 6.45) is 1.73. The van der Waals surface area contributed by atoms with Gasteiger partial charge in [0.2, 0.25) is 0 Å². The highest BCUT2D eigenvalue weighted by Gasteiger charge is 2.16. The molecule has 0 saturated heterocycles. The van der Waals surface area contributed by atoms with E-state index in [9.17, 15) is 9.59 Å². The molecule has 0 amide bonds. The van der Waals surface area contributed by atoms with Crippen molar-refractivity contribution >= 4 is 23.3 Å². The predicted molar refractivity (Wildman–Crippen MR) is 107 cm³/mol. The zero-order valence-corrected chi connectivity index (χ0v) is 15.9. The Bertz CT molecular complexity index is 794. The quantitative estimate of drug-likeness (QED) is 0.279. The Balaban J connectivity index is 1.58. The Kier molecular flexibility index (Phi) is 8.30. The first-order valence-corrected chi connectivity index (χ1v) is 9.20. The van der Waals surface area contributed by atoms with E-state index in [1.807, 2.05) is 0 Å². The highest BCUT2D eigenvalue weighted by molar-refractivity contribution is 5.78. The number of rotatable bonds is 10. The maximum Gasteiger partial charge on any atom is 0.340 e. The number of hydrogen-bond donors (Lipinski definition) is 2. The van der Waals surface area contributed by atoms with E-state index >= 15 is 0 Å². The standard InChI is InChI=1S/C21H26N2O5/c1-15(21(25)28-19-12-7-5-10-17(19)23)26-14-8-2-3-13-20(24)27-18-11-6-4-9-16(18)22/h4-7,9-12,15H,2-3,8,13-14,22-23H2,1H3. The van der Waals surface area contributed by atoms with E-state index < -0.39 is 12.1 Å². The average Bonchev–Trinajstić information content (AvgIpc) is 2.68. The van der Waals surface area contributed by atoms with Gasteiger partial charge in [-0.1, -0.05) is 30.7 Å². The first-order valence-electron chi connectivity index (χ1n) is 9.20. The van der Waals surface area contributed by atoms with Crippen LogP contribution in [0.5, 0.6) is 11.5 Å². The average molecular weight is 386 g/mol. The lowest BCUT2D eigenvalue weighted by molar-refractivity contribution is -0.146. The third-order valence-corrected chi connectivity index (χ3v) is 4.00. The molecule has 4 N–H and O–H groups in total. The summed E-state index contributed by atoms with van der Waals surface area (Å²) in [6, 6.07) is 13.7. The van der Waals surface area contributed by atoms with Gasteiger partial charge in [-0.3, -0.25) is 4.79 Å². The van der Waals surface area contributed by atoms with Crippen molar-refractivity contribution in [2.24, 2.45) is 0 Å². The largest absolute Gasteiger partial charge is 0.424 e. The molecule has 2 aromatic carbocycles. The fourth-order valence-electron chi connectivity index (χ4n) is 2.39. The van der Waals surface area contributed by atoms with Gasteiger partial charge in [-0.2, -0.15) is 0 Å². The van der Waals surface area contributed by atoms with Crippen LogP contribution in [0.4, 0.5) is 11.4 Å². The number of nitrogens with two attached hydrogens (primary N) is 2. The second-order valence-corrected chi connectivity index (χ2v) is 6.29. The van der Waals surface area contributed by atoms with Crippen molar-refractivity contribution in [2.45, 2.75) is 38.7 Å². The Hall–Kier alpha value is -3.06. The van der Waals surface area contributed by atoms with E-state index in [2.05, 4.69) is 0 Å². The zero-order valence-electron chi connectivity index (χ0n) is 15.9. The molecule has 7 heteroatoms. The van der Waals surface area contributed by atoms with Gasteiger partial charge in [0.25, 0.3) is 0 Å². The topological polar surface area (TPSA) is 114 Å². The summed E-state index contributed by atoms with van der Waals surface area (Å²) in [6.45, 7) is 2.02. The molecule has 7 nitrogen and oxygen atoms in total. The number of para-hydroxylation sites is 4. The molecular formula is C21H26N2O5. The number of nitrogen functional groups attached to an aromatic ring is 2. The van der Waals surface area contributed by atoms with E-state index in [1.165, 1.54) is 0 Å². The summed E-state index contributed by atoms with van der Waals surface area (Å²) < 4.78 is 15.9. The minimum Gasteiger partial charge on any atom is -0.424 e. The van der Waals surface area contributed by atoms with Crippen LogP contribution < -0.4 is 20.9 Å². The van der Waals surface area contributed by atoms with Crippen molar-refractivity contribution in [3.8, 4) is 11.5 Å². The number of esters is 2. The van der Waals surface area contributed by atoms with Crippen LogP contribution in [0.2, 0.25) is 0 Å². The zero-order chi connectivity index (χ0) is 20.4. The highest BCUT2D eigenvalue weighted by Crippen LogP contribution is 2.21. The van der Waals surface area contributed by atoms with Gasteiger partial charge in [0.15, 0.2) is 17.6 Å². The van der Waals surface area contributed by atoms with Crippen LogP contribution in [-0.2, 0) is 14.3 Å². The lowest BCUT2D eigenvalue weighted by atomic mass is 10.2. The summed E-state index contributed by atoms with van der Waals surface area (Å²) in [4.78, 5) is 23.8. The van der Waals surface area contributed by atoms with Crippen molar-refractivity contribution in [1.82, 2.24) is 0 Å². The molecule has 1 atom stereocenters. The van der Waals surface area contributed by atoms with Gasteiger partial charge in [-0.15, -0.1) is 0 Å². The maximum absolute atomic E-state index is 12.0. The number of carbonyl (C=O) groups is 2. The monoisotopic (exact) mass is 386 g/mol. The molecule has 2 aromatic rings. The third kappa shape index (κ3) is 6.92. The Labute approximate surface area is 164 Å².